The summed E-state index contributed by atoms with van der Waals surface area (Å²) in [6.07, 6.45) is 14.6. The van der Waals surface area contributed by atoms with E-state index in [0.29, 0.717) is 57.8 Å². The van der Waals surface area contributed by atoms with Crippen molar-refractivity contribution in [2.24, 2.45) is 27.1 Å². The molecule has 0 radical (unpaired) electrons. The Morgan fingerprint density at radius 3 is 1.16 bits per heavy atom. The zero-order valence-electron chi connectivity index (χ0n) is 71.7. The van der Waals surface area contributed by atoms with Gasteiger partial charge in [0.1, 0.15) is 29.2 Å². The van der Waals surface area contributed by atoms with Gasteiger partial charge in [0.15, 0.2) is 0 Å². The summed E-state index contributed by atoms with van der Waals surface area (Å²) in [5.74, 6) is 3.68. The molecule has 15 rings (SSSR count). The number of aryl methyl sites for hydroxylation is 12. The van der Waals surface area contributed by atoms with Gasteiger partial charge in [-0.15, -0.1) is 0 Å². The van der Waals surface area contributed by atoms with Crippen molar-refractivity contribution in [2.45, 2.75) is 211 Å². The van der Waals surface area contributed by atoms with E-state index in [1.807, 2.05) is 127 Å². The van der Waals surface area contributed by atoms with E-state index < -0.39 is 0 Å². The molecular formula is C97H112Cl3N11O8. The maximum atomic E-state index is 13.8. The van der Waals surface area contributed by atoms with E-state index in [4.69, 9.17) is 53.8 Å². The van der Waals surface area contributed by atoms with Crippen LogP contribution >= 0.6 is 34.8 Å². The lowest BCUT2D eigenvalue weighted by molar-refractivity contribution is -0.135. The molecule has 2 saturated carbocycles. The van der Waals surface area contributed by atoms with Gasteiger partial charge >= 0.3 is 0 Å². The van der Waals surface area contributed by atoms with Gasteiger partial charge in [-0.05, 0) is 309 Å². The summed E-state index contributed by atoms with van der Waals surface area (Å²) in [4.78, 5) is 52.1. The maximum absolute atomic E-state index is 13.8. The SMILES string of the molecule is Cc1cc(OCCCC2=C(C(=O)NC3CCC(C)CC3)Cc3c2cccc3-c2c(C)nn(C)c2C)cc(C)c1Cl.Cc1cc(OCCCC2=C(C(=O)N[C@H]3CCC[C@H]3OC=O)Cc3c2cccc3-c2c(C)nn(C)c2C)cc(C)c1Cl.Cc1cc(OCCCC2=C(C(=O)Nc3ccn[nH]3)Cc3c2cccc3-c2c(C)nn(C)c2C)cc(C)c1Cl. The standard InChI is InChI=1S/C34H42ClN3O2.C33H38ClN3O4.C30H32ClN5O2/c1-20-12-14-25(15-13-20)36-34(39)31-19-30-27(9-7-10-29(30)32-23(4)37-38(6)24(32)5)28(31)11-8-16-40-26-17-21(2)33(35)22(3)18-26;1-19-15-23(16-20(2)32(19)34)40-14-8-11-25-24-9-6-10-26(31-21(3)36-37(5)22(31)4)27(24)17-28(25)33(39)35-29-12-7-13-30(29)41-18-38;1-17-14-21(15-18(2)29(17)31)38-13-7-10-23-22-8-6-9-24(28-19(3)35-36(5)20(28)4)25(22)16-26(23)30(37)33-27-11-12-32-34-27/h7,9-10,17-18,20,25H,8,11-16,19H2,1-6H3,(H,36,39);6,9-10,15-16,18,29-30H,7-8,11-14,17H2,1-5H3,(H,35,39);6,8-9,11-12,14-15H,7,10,13,16H2,1-5H3,(H2,32,33,34,37)/t;29-,30+;/m.0./s1. The lowest BCUT2D eigenvalue weighted by atomic mass is 9.87. The third kappa shape index (κ3) is 19.1. The molecule has 10 aromatic rings. The van der Waals surface area contributed by atoms with Crippen LogP contribution in [-0.4, -0.2) is 102 Å². The van der Waals surface area contributed by atoms with Gasteiger partial charge in [0.25, 0.3) is 12.4 Å². The number of benzene rings is 6. The summed E-state index contributed by atoms with van der Waals surface area (Å²) in [6, 6.07) is 32.8. The number of nitrogens with one attached hydrogen (secondary N) is 4. The molecule has 22 heteroatoms. The summed E-state index contributed by atoms with van der Waals surface area (Å²) in [7, 11) is 5.92. The normalized spacial score (nSPS) is 16.5. The highest BCUT2D eigenvalue weighted by Crippen LogP contribution is 2.47. The van der Waals surface area contributed by atoms with Gasteiger partial charge < -0.3 is 34.9 Å². The summed E-state index contributed by atoms with van der Waals surface area (Å²) in [5, 5.41) is 32.6. The zero-order valence-corrected chi connectivity index (χ0v) is 73.9. The average Bonchev–Trinajstić information content (AvgIpc) is 1.61. The number of carbonyl (C=O) groups is 4. The molecule has 119 heavy (non-hydrogen) atoms. The number of ether oxygens (including phenoxy) is 4. The fraction of sp³-hybridized carbons (Fsp3) is 0.402. The Morgan fingerprint density at radius 1 is 0.471 bits per heavy atom. The first kappa shape index (κ1) is 86.4. The molecule has 6 aromatic carbocycles. The number of amides is 3. The number of H-pyrrole nitrogens is 1. The highest BCUT2D eigenvalue weighted by Gasteiger charge is 2.37. The molecule has 5 aliphatic carbocycles. The quantitative estimate of drug-likeness (QED) is 0.0294. The molecule has 5 aliphatic rings. The molecule has 3 amide bonds. The second kappa shape index (κ2) is 37.9. The molecular weight excluding hydrogens is 1550 g/mol. The van der Waals surface area contributed by atoms with Crippen LogP contribution in [-0.2, 0) is 64.3 Å². The monoisotopic (exact) mass is 1660 g/mol. The fourth-order valence-corrected chi connectivity index (χ4v) is 18.6. The molecule has 2 atom stereocenters. The predicted octanol–water partition coefficient (Wildman–Crippen LogP) is 20.7. The molecule has 0 bridgehead atoms. The lowest BCUT2D eigenvalue weighted by Crippen LogP contribution is -2.41. The summed E-state index contributed by atoms with van der Waals surface area (Å²) in [5.41, 5.74) is 32.0. The number of hydrogen-bond donors (Lipinski definition) is 4. The van der Waals surface area contributed by atoms with Gasteiger partial charge in [-0.25, -0.2) is 0 Å². The summed E-state index contributed by atoms with van der Waals surface area (Å²) < 4.78 is 29.3. The fourth-order valence-electron chi connectivity index (χ4n) is 18.3. The van der Waals surface area contributed by atoms with Crippen molar-refractivity contribution in [1.82, 2.24) is 50.2 Å². The van der Waals surface area contributed by atoms with Crippen LogP contribution in [0.25, 0.3) is 50.1 Å². The summed E-state index contributed by atoms with van der Waals surface area (Å²) >= 11 is 19.0. The number of aromatic amines is 1. The molecule has 0 unspecified atom stereocenters. The van der Waals surface area contributed by atoms with Crippen LogP contribution in [0.1, 0.15) is 191 Å². The van der Waals surface area contributed by atoms with Crippen molar-refractivity contribution in [3.05, 3.63) is 236 Å². The third-order valence-electron chi connectivity index (χ3n) is 24.7. The predicted molar refractivity (Wildman–Crippen MR) is 477 cm³/mol. The number of hydrogen-bond acceptors (Lipinski definition) is 12. The van der Waals surface area contributed by atoms with Crippen molar-refractivity contribution in [3.63, 3.8) is 0 Å². The van der Waals surface area contributed by atoms with Crippen LogP contribution in [0, 0.1) is 89.0 Å². The number of fused-ring (bicyclic) bond motifs is 3. The molecule has 19 nitrogen and oxygen atoms in total. The first-order valence-corrected chi connectivity index (χ1v) is 43.0. The largest absolute Gasteiger partial charge is 0.494 e. The van der Waals surface area contributed by atoms with Gasteiger partial charge in [-0.2, -0.15) is 20.4 Å². The minimum atomic E-state index is -0.278. The number of allylic oxidation sites excluding steroid dienone is 3. The lowest BCUT2D eigenvalue weighted by Gasteiger charge is -2.27. The Labute approximate surface area is 715 Å². The van der Waals surface area contributed by atoms with E-state index in [0.717, 1.165) is 242 Å². The number of anilines is 1. The topological polar surface area (TPSA) is 223 Å². The number of halogens is 3. The van der Waals surface area contributed by atoms with Crippen LogP contribution in [0.2, 0.25) is 15.1 Å². The van der Waals surface area contributed by atoms with Crippen LogP contribution in [0.3, 0.4) is 0 Å². The van der Waals surface area contributed by atoms with Gasteiger partial charge in [-0.3, -0.25) is 38.3 Å². The van der Waals surface area contributed by atoms with Crippen LogP contribution in [0.5, 0.6) is 17.2 Å². The average molecular weight is 1670 g/mol. The number of rotatable bonds is 26. The molecule has 0 saturated heterocycles. The first-order valence-electron chi connectivity index (χ1n) is 41.8. The maximum Gasteiger partial charge on any atom is 0.293 e. The van der Waals surface area contributed by atoms with Crippen LogP contribution in [0.15, 0.2) is 120 Å². The van der Waals surface area contributed by atoms with E-state index >= 15 is 0 Å². The van der Waals surface area contributed by atoms with E-state index in [1.54, 1.807) is 12.3 Å². The third-order valence-corrected chi connectivity index (χ3v) is 26.5. The molecule has 0 aliphatic heterocycles. The Morgan fingerprint density at radius 2 is 0.824 bits per heavy atom. The van der Waals surface area contributed by atoms with Gasteiger partial charge in [0.05, 0.1) is 49.1 Å². The highest BCUT2D eigenvalue weighted by atomic mass is 35.5. The second-order valence-corrected chi connectivity index (χ2v) is 34.1. The molecule has 4 aromatic heterocycles. The minimum absolute atomic E-state index is 0.0851. The number of aromatic nitrogens is 8. The molecule has 4 heterocycles. The number of nitrogens with zero attached hydrogens (tertiary/aromatic N) is 7. The van der Waals surface area contributed by atoms with Gasteiger partial charge in [0, 0.05) is 118 Å². The first-order chi connectivity index (χ1) is 57.1. The Bertz CT molecular complexity index is 5540. The van der Waals surface area contributed by atoms with Crippen LogP contribution < -0.4 is 30.2 Å². The molecule has 0 spiro atoms. The van der Waals surface area contributed by atoms with Crippen LogP contribution in [0.4, 0.5) is 5.82 Å². The van der Waals surface area contributed by atoms with Gasteiger partial charge in [-0.1, -0.05) is 96.3 Å². The van der Waals surface area contributed by atoms with E-state index in [-0.39, 0.29) is 35.9 Å². The number of carbonyl (C=O) groups excluding carboxylic acids is 4. The second-order valence-electron chi connectivity index (χ2n) is 33.0. The Hall–Kier alpha value is -10.5. The van der Waals surface area contributed by atoms with Crippen molar-refractivity contribution >= 4 is 81.5 Å². The molecule has 624 valence electrons. The molecule has 2 fully saturated rings. The molecule has 4 N–H and O–H groups in total. The zero-order chi connectivity index (χ0) is 84.8. The van der Waals surface area contributed by atoms with E-state index in [1.165, 1.54) is 40.7 Å². The van der Waals surface area contributed by atoms with Crippen molar-refractivity contribution < 1.29 is 38.1 Å². The smallest absolute Gasteiger partial charge is 0.293 e. The van der Waals surface area contributed by atoms with Crippen molar-refractivity contribution in [3.8, 4) is 50.6 Å². The minimum Gasteiger partial charge on any atom is -0.494 e. The van der Waals surface area contributed by atoms with Gasteiger partial charge in [0.2, 0.25) is 11.8 Å². The van der Waals surface area contributed by atoms with Crippen molar-refractivity contribution in [1.29, 1.82) is 0 Å². The van der Waals surface area contributed by atoms with E-state index in [9.17, 15) is 19.2 Å². The Kier molecular flexibility index (Phi) is 27.5. The van der Waals surface area contributed by atoms with E-state index in [2.05, 4.69) is 131 Å². The highest BCUT2D eigenvalue weighted by molar-refractivity contribution is 6.33. The summed E-state index contributed by atoms with van der Waals surface area (Å²) in [6.45, 7) is 28.8. The Balaban J connectivity index is 0.000000155. The van der Waals surface area contributed by atoms with Crippen molar-refractivity contribution in [2.75, 3.05) is 25.1 Å².